The fourth-order valence-corrected chi connectivity index (χ4v) is 2.08. The van der Waals surface area contributed by atoms with Crippen molar-refractivity contribution in [2.24, 2.45) is 0 Å². The summed E-state index contributed by atoms with van der Waals surface area (Å²) < 4.78 is 0. The number of rotatable bonds is 3. The largest absolute Gasteiger partial charge is 0.275 e. The molecule has 0 saturated carbocycles. The maximum atomic E-state index is 12.5. The Hall–Kier alpha value is -2.42. The Bertz CT molecular complexity index is 584. The second-order valence-corrected chi connectivity index (χ2v) is 5.09. The van der Waals surface area contributed by atoms with Gasteiger partial charge in [0.25, 0.3) is 11.8 Å². The monoisotopic (exact) mass is 281 g/mol. The van der Waals surface area contributed by atoms with Gasteiger partial charge in [-0.3, -0.25) is 14.5 Å². The molecule has 21 heavy (non-hydrogen) atoms. The molecule has 0 fully saturated rings. The molecule has 0 heterocycles. The highest BCUT2D eigenvalue weighted by atomic mass is 16.2. The highest BCUT2D eigenvalue weighted by Crippen LogP contribution is 2.12. The van der Waals surface area contributed by atoms with Crippen LogP contribution in [-0.2, 0) is 0 Å². The number of aryl methyl sites for hydroxylation is 2. The Morgan fingerprint density at radius 3 is 1.38 bits per heavy atom. The van der Waals surface area contributed by atoms with E-state index in [0.717, 1.165) is 11.1 Å². The molecular formula is C18H19NO2. The summed E-state index contributed by atoms with van der Waals surface area (Å²) in [5, 5.41) is 0. The molecule has 3 heteroatoms. The van der Waals surface area contributed by atoms with Crippen molar-refractivity contribution in [1.82, 2.24) is 4.90 Å². The Morgan fingerprint density at radius 1 is 0.762 bits per heavy atom. The maximum absolute atomic E-state index is 12.5. The lowest BCUT2D eigenvalue weighted by molar-refractivity contribution is 0.0625. The van der Waals surface area contributed by atoms with Crippen LogP contribution in [-0.4, -0.2) is 23.3 Å². The first kappa shape index (κ1) is 15.0. The van der Waals surface area contributed by atoms with Crippen molar-refractivity contribution in [2.75, 3.05) is 6.54 Å². The highest BCUT2D eigenvalue weighted by Gasteiger charge is 2.22. The van der Waals surface area contributed by atoms with E-state index in [0.29, 0.717) is 17.7 Å². The van der Waals surface area contributed by atoms with Crippen molar-refractivity contribution in [3.05, 3.63) is 70.8 Å². The van der Waals surface area contributed by atoms with Gasteiger partial charge in [-0.2, -0.15) is 0 Å². The molecule has 108 valence electrons. The van der Waals surface area contributed by atoms with Crippen LogP contribution in [0.5, 0.6) is 0 Å². The van der Waals surface area contributed by atoms with Crippen LogP contribution in [0.4, 0.5) is 0 Å². The van der Waals surface area contributed by atoms with Crippen LogP contribution >= 0.6 is 0 Å². The number of amides is 2. The fraction of sp³-hybridized carbons (Fsp3) is 0.222. The van der Waals surface area contributed by atoms with Crippen molar-refractivity contribution in [3.63, 3.8) is 0 Å². The van der Waals surface area contributed by atoms with E-state index in [4.69, 9.17) is 0 Å². The van der Waals surface area contributed by atoms with Gasteiger partial charge in [-0.15, -0.1) is 0 Å². The molecule has 0 bridgehead atoms. The van der Waals surface area contributed by atoms with E-state index in [2.05, 4.69) is 0 Å². The molecule has 0 spiro atoms. The van der Waals surface area contributed by atoms with Gasteiger partial charge < -0.3 is 0 Å². The zero-order valence-electron chi connectivity index (χ0n) is 12.6. The van der Waals surface area contributed by atoms with Crippen molar-refractivity contribution >= 4 is 11.8 Å². The summed E-state index contributed by atoms with van der Waals surface area (Å²) in [4.78, 5) is 26.2. The van der Waals surface area contributed by atoms with E-state index < -0.39 is 0 Å². The third kappa shape index (κ3) is 3.37. The Labute approximate surface area is 125 Å². The van der Waals surface area contributed by atoms with E-state index in [9.17, 15) is 9.59 Å². The van der Waals surface area contributed by atoms with Crippen LogP contribution in [0.2, 0.25) is 0 Å². The number of carbonyl (C=O) groups is 2. The molecule has 2 aromatic carbocycles. The molecule has 0 atom stereocenters. The van der Waals surface area contributed by atoms with E-state index in [1.807, 2.05) is 38.1 Å². The van der Waals surface area contributed by atoms with E-state index in [-0.39, 0.29) is 11.8 Å². The van der Waals surface area contributed by atoms with Crippen LogP contribution < -0.4 is 0 Å². The minimum absolute atomic E-state index is 0.261. The summed E-state index contributed by atoms with van der Waals surface area (Å²) in [5.41, 5.74) is 3.23. The average Bonchev–Trinajstić information content (AvgIpc) is 2.49. The van der Waals surface area contributed by atoms with Crippen molar-refractivity contribution in [1.29, 1.82) is 0 Å². The van der Waals surface area contributed by atoms with Crippen LogP contribution in [0.1, 0.15) is 38.8 Å². The quantitative estimate of drug-likeness (QED) is 0.806. The third-order valence-corrected chi connectivity index (χ3v) is 3.40. The SMILES string of the molecule is CCN(C(=O)c1ccc(C)cc1)C(=O)c1ccc(C)cc1. The van der Waals surface area contributed by atoms with E-state index in [1.54, 1.807) is 31.2 Å². The van der Waals surface area contributed by atoms with Gasteiger partial charge in [0, 0.05) is 17.7 Å². The molecule has 2 amide bonds. The smallest absolute Gasteiger partial charge is 0.260 e. The topological polar surface area (TPSA) is 37.4 Å². The molecule has 2 rings (SSSR count). The lowest BCUT2D eigenvalue weighted by Crippen LogP contribution is -2.36. The molecular weight excluding hydrogens is 262 g/mol. The Morgan fingerprint density at radius 2 is 1.10 bits per heavy atom. The molecule has 3 nitrogen and oxygen atoms in total. The predicted molar refractivity (Wildman–Crippen MR) is 83.4 cm³/mol. The van der Waals surface area contributed by atoms with Crippen molar-refractivity contribution in [2.45, 2.75) is 20.8 Å². The first-order valence-electron chi connectivity index (χ1n) is 7.02. The van der Waals surface area contributed by atoms with Crippen LogP contribution in [0.15, 0.2) is 48.5 Å². The van der Waals surface area contributed by atoms with E-state index >= 15 is 0 Å². The van der Waals surface area contributed by atoms with Gasteiger partial charge in [-0.1, -0.05) is 35.4 Å². The molecule has 0 aromatic heterocycles. The molecule has 0 aliphatic heterocycles. The summed E-state index contributed by atoms with van der Waals surface area (Å²) in [6.07, 6.45) is 0. The lowest BCUT2D eigenvalue weighted by Gasteiger charge is -2.19. The summed E-state index contributed by atoms with van der Waals surface area (Å²) in [7, 11) is 0. The van der Waals surface area contributed by atoms with Gasteiger partial charge in [-0.25, -0.2) is 0 Å². The zero-order chi connectivity index (χ0) is 15.4. The van der Waals surface area contributed by atoms with Crippen molar-refractivity contribution < 1.29 is 9.59 Å². The normalized spacial score (nSPS) is 10.2. The molecule has 0 saturated heterocycles. The van der Waals surface area contributed by atoms with Crippen molar-refractivity contribution in [3.8, 4) is 0 Å². The standard InChI is InChI=1S/C18H19NO2/c1-4-19(17(20)15-9-5-13(2)6-10-15)18(21)16-11-7-14(3)8-12-16/h5-12H,4H2,1-3H3. The Balaban J connectivity index is 2.26. The number of carbonyl (C=O) groups excluding carboxylic acids is 2. The van der Waals surface area contributed by atoms with Gasteiger partial charge >= 0.3 is 0 Å². The highest BCUT2D eigenvalue weighted by molar-refractivity contribution is 6.10. The van der Waals surface area contributed by atoms with Gasteiger partial charge in [0.1, 0.15) is 0 Å². The van der Waals surface area contributed by atoms with Crippen LogP contribution in [0.25, 0.3) is 0 Å². The number of hydrogen-bond donors (Lipinski definition) is 0. The average molecular weight is 281 g/mol. The molecule has 0 N–H and O–H groups in total. The fourth-order valence-electron chi connectivity index (χ4n) is 2.08. The number of benzene rings is 2. The van der Waals surface area contributed by atoms with E-state index in [1.165, 1.54) is 4.90 Å². The summed E-state index contributed by atoms with van der Waals surface area (Å²) >= 11 is 0. The predicted octanol–water partition coefficient (Wildman–Crippen LogP) is 3.61. The number of nitrogens with zero attached hydrogens (tertiary/aromatic N) is 1. The second kappa shape index (κ2) is 6.35. The molecule has 0 aliphatic rings. The molecule has 0 unspecified atom stereocenters. The van der Waals surface area contributed by atoms with Gasteiger partial charge in [-0.05, 0) is 45.0 Å². The summed E-state index contributed by atoms with van der Waals surface area (Å²) in [6, 6.07) is 14.5. The minimum atomic E-state index is -0.261. The van der Waals surface area contributed by atoms with Gasteiger partial charge in [0.15, 0.2) is 0 Å². The second-order valence-electron chi connectivity index (χ2n) is 5.09. The maximum Gasteiger partial charge on any atom is 0.260 e. The number of hydrogen-bond acceptors (Lipinski definition) is 2. The van der Waals surface area contributed by atoms with Gasteiger partial charge in [0.05, 0.1) is 0 Å². The molecule has 2 aromatic rings. The number of imide groups is 1. The zero-order valence-corrected chi connectivity index (χ0v) is 12.6. The minimum Gasteiger partial charge on any atom is -0.275 e. The first-order chi connectivity index (χ1) is 10.0. The first-order valence-corrected chi connectivity index (χ1v) is 7.02. The van der Waals surface area contributed by atoms with Crippen LogP contribution in [0, 0.1) is 13.8 Å². The molecule has 0 aliphatic carbocycles. The van der Waals surface area contributed by atoms with Crippen LogP contribution in [0.3, 0.4) is 0 Å². The third-order valence-electron chi connectivity index (χ3n) is 3.40. The summed E-state index contributed by atoms with van der Waals surface area (Å²) in [5.74, 6) is -0.522. The molecule has 0 radical (unpaired) electrons. The lowest BCUT2D eigenvalue weighted by atomic mass is 10.1. The Kier molecular flexibility index (Phi) is 4.53. The summed E-state index contributed by atoms with van der Waals surface area (Å²) in [6.45, 7) is 6.07. The van der Waals surface area contributed by atoms with Gasteiger partial charge in [0.2, 0.25) is 0 Å².